The topological polar surface area (TPSA) is 41.6 Å². The van der Waals surface area contributed by atoms with Crippen LogP contribution in [0.3, 0.4) is 0 Å². The summed E-state index contributed by atoms with van der Waals surface area (Å²) in [4.78, 5) is 14.0. The van der Waals surface area contributed by atoms with Crippen LogP contribution in [0.15, 0.2) is 24.3 Å². The maximum absolute atomic E-state index is 11.8. The minimum Gasteiger partial charge on any atom is -0.379 e. The number of rotatable bonds is 5. The maximum atomic E-state index is 11.8. The minimum absolute atomic E-state index is 0.118. The van der Waals surface area contributed by atoms with Gasteiger partial charge in [0.05, 0.1) is 13.2 Å². The molecule has 1 N–H and O–H groups in total. The minimum atomic E-state index is 0.118. The zero-order valence-electron chi connectivity index (χ0n) is 11.5. The molecule has 4 heteroatoms. The van der Waals surface area contributed by atoms with Crippen molar-refractivity contribution in [3.05, 3.63) is 35.4 Å². The van der Waals surface area contributed by atoms with Crippen LogP contribution in [0.25, 0.3) is 0 Å². The van der Waals surface area contributed by atoms with Crippen molar-refractivity contribution in [1.82, 2.24) is 10.2 Å². The lowest BCUT2D eigenvalue weighted by Gasteiger charge is -2.26. The highest BCUT2D eigenvalue weighted by molar-refractivity contribution is 5.76. The van der Waals surface area contributed by atoms with Crippen LogP contribution in [0.4, 0.5) is 0 Å². The molecule has 0 spiro atoms. The van der Waals surface area contributed by atoms with E-state index in [4.69, 9.17) is 4.74 Å². The molecular formula is C15H22N2O2. The van der Waals surface area contributed by atoms with Gasteiger partial charge in [0, 0.05) is 32.6 Å². The number of nitrogens with one attached hydrogen (secondary N) is 1. The van der Waals surface area contributed by atoms with Crippen LogP contribution in [0.1, 0.15) is 17.5 Å². The van der Waals surface area contributed by atoms with Crippen LogP contribution >= 0.6 is 0 Å². The van der Waals surface area contributed by atoms with Gasteiger partial charge < -0.3 is 10.1 Å². The Morgan fingerprint density at radius 1 is 1.26 bits per heavy atom. The zero-order valence-corrected chi connectivity index (χ0v) is 11.5. The third-order valence-corrected chi connectivity index (χ3v) is 3.37. The molecule has 2 rings (SSSR count). The van der Waals surface area contributed by atoms with Crippen molar-refractivity contribution in [3.63, 3.8) is 0 Å². The Kier molecular flexibility index (Phi) is 5.36. The molecular weight excluding hydrogens is 240 g/mol. The highest BCUT2D eigenvalue weighted by Gasteiger charge is 2.11. The zero-order chi connectivity index (χ0) is 13.5. The summed E-state index contributed by atoms with van der Waals surface area (Å²) in [7, 11) is 0. The summed E-state index contributed by atoms with van der Waals surface area (Å²) < 4.78 is 5.28. The van der Waals surface area contributed by atoms with Crippen molar-refractivity contribution in [3.8, 4) is 0 Å². The van der Waals surface area contributed by atoms with Crippen LogP contribution in [0.2, 0.25) is 0 Å². The van der Waals surface area contributed by atoms with E-state index in [2.05, 4.69) is 41.4 Å². The van der Waals surface area contributed by atoms with Gasteiger partial charge >= 0.3 is 0 Å². The molecule has 0 atom stereocenters. The SMILES string of the molecule is Cc1ccc(CNC(=O)CCN2CCOCC2)cc1. The maximum Gasteiger partial charge on any atom is 0.221 e. The number of morpholine rings is 1. The number of carbonyl (C=O) groups is 1. The van der Waals surface area contributed by atoms with Gasteiger partial charge in [-0.1, -0.05) is 29.8 Å². The Balaban J connectivity index is 1.65. The van der Waals surface area contributed by atoms with Crippen LogP contribution in [-0.2, 0) is 16.1 Å². The second-order valence-corrected chi connectivity index (χ2v) is 4.97. The van der Waals surface area contributed by atoms with Gasteiger partial charge in [-0.3, -0.25) is 9.69 Å². The molecule has 1 aromatic carbocycles. The number of nitrogens with zero attached hydrogens (tertiary/aromatic N) is 1. The summed E-state index contributed by atoms with van der Waals surface area (Å²) in [5.41, 5.74) is 2.38. The molecule has 1 aliphatic heterocycles. The number of carbonyl (C=O) groups excluding carboxylic acids is 1. The van der Waals surface area contributed by atoms with Gasteiger partial charge in [0.1, 0.15) is 0 Å². The average Bonchev–Trinajstić information content (AvgIpc) is 2.45. The molecule has 1 saturated heterocycles. The predicted molar refractivity (Wildman–Crippen MR) is 74.9 cm³/mol. The van der Waals surface area contributed by atoms with E-state index in [0.29, 0.717) is 13.0 Å². The normalized spacial score (nSPS) is 16.3. The fraction of sp³-hybridized carbons (Fsp3) is 0.533. The Morgan fingerprint density at radius 2 is 1.95 bits per heavy atom. The monoisotopic (exact) mass is 262 g/mol. The highest BCUT2D eigenvalue weighted by Crippen LogP contribution is 2.03. The number of hydrogen-bond acceptors (Lipinski definition) is 3. The van der Waals surface area contributed by atoms with Gasteiger partial charge in [-0.15, -0.1) is 0 Å². The molecule has 4 nitrogen and oxygen atoms in total. The highest BCUT2D eigenvalue weighted by atomic mass is 16.5. The molecule has 0 aromatic heterocycles. The van der Waals surface area contributed by atoms with E-state index < -0.39 is 0 Å². The first kappa shape index (κ1) is 14.0. The van der Waals surface area contributed by atoms with Gasteiger partial charge in [-0.2, -0.15) is 0 Å². The first-order chi connectivity index (χ1) is 9.24. The average molecular weight is 262 g/mol. The van der Waals surface area contributed by atoms with Crippen molar-refractivity contribution >= 4 is 5.91 Å². The third kappa shape index (κ3) is 5.01. The van der Waals surface area contributed by atoms with Crippen molar-refractivity contribution in [2.75, 3.05) is 32.8 Å². The number of hydrogen-bond donors (Lipinski definition) is 1. The van der Waals surface area contributed by atoms with Crippen molar-refractivity contribution in [2.24, 2.45) is 0 Å². The van der Waals surface area contributed by atoms with E-state index in [1.807, 2.05) is 0 Å². The van der Waals surface area contributed by atoms with Crippen molar-refractivity contribution in [2.45, 2.75) is 19.9 Å². The number of ether oxygens (including phenoxy) is 1. The van der Waals surface area contributed by atoms with Crippen LogP contribution in [0.5, 0.6) is 0 Å². The quantitative estimate of drug-likeness (QED) is 0.870. The summed E-state index contributed by atoms with van der Waals surface area (Å²) in [6, 6.07) is 8.24. The summed E-state index contributed by atoms with van der Waals surface area (Å²) in [5.74, 6) is 0.118. The molecule has 104 valence electrons. The van der Waals surface area contributed by atoms with E-state index in [0.717, 1.165) is 38.4 Å². The number of amides is 1. The number of benzene rings is 1. The van der Waals surface area contributed by atoms with E-state index >= 15 is 0 Å². The Hall–Kier alpha value is -1.39. The molecule has 0 unspecified atom stereocenters. The Labute approximate surface area is 114 Å². The van der Waals surface area contributed by atoms with Crippen LogP contribution in [-0.4, -0.2) is 43.7 Å². The summed E-state index contributed by atoms with van der Waals surface area (Å²) >= 11 is 0. The van der Waals surface area contributed by atoms with Gasteiger partial charge in [-0.25, -0.2) is 0 Å². The van der Waals surface area contributed by atoms with E-state index in [-0.39, 0.29) is 5.91 Å². The number of aryl methyl sites for hydroxylation is 1. The van der Waals surface area contributed by atoms with Crippen LogP contribution < -0.4 is 5.32 Å². The smallest absolute Gasteiger partial charge is 0.221 e. The molecule has 0 radical (unpaired) electrons. The second kappa shape index (κ2) is 7.26. The van der Waals surface area contributed by atoms with Gasteiger partial charge in [-0.05, 0) is 12.5 Å². The van der Waals surface area contributed by atoms with E-state index in [1.165, 1.54) is 5.56 Å². The molecule has 1 aliphatic rings. The molecule has 19 heavy (non-hydrogen) atoms. The van der Waals surface area contributed by atoms with E-state index in [9.17, 15) is 4.79 Å². The largest absolute Gasteiger partial charge is 0.379 e. The lowest BCUT2D eigenvalue weighted by molar-refractivity contribution is -0.121. The van der Waals surface area contributed by atoms with Crippen molar-refractivity contribution in [1.29, 1.82) is 0 Å². The van der Waals surface area contributed by atoms with Crippen LogP contribution in [0, 0.1) is 6.92 Å². The molecule has 1 fully saturated rings. The molecule has 1 heterocycles. The lowest BCUT2D eigenvalue weighted by Crippen LogP contribution is -2.38. The van der Waals surface area contributed by atoms with Gasteiger partial charge in [0.2, 0.25) is 5.91 Å². The molecule has 0 aliphatic carbocycles. The summed E-state index contributed by atoms with van der Waals surface area (Å²) in [6.07, 6.45) is 0.561. The first-order valence-electron chi connectivity index (χ1n) is 6.86. The standard InChI is InChI=1S/C15H22N2O2/c1-13-2-4-14(5-3-13)12-16-15(18)6-7-17-8-10-19-11-9-17/h2-5H,6-12H2,1H3,(H,16,18). The first-order valence-corrected chi connectivity index (χ1v) is 6.86. The molecule has 1 amide bonds. The van der Waals surface area contributed by atoms with Gasteiger partial charge in [0.15, 0.2) is 0 Å². The molecule has 1 aromatic rings. The third-order valence-electron chi connectivity index (χ3n) is 3.37. The van der Waals surface area contributed by atoms with E-state index in [1.54, 1.807) is 0 Å². The fourth-order valence-electron chi connectivity index (χ4n) is 2.08. The van der Waals surface area contributed by atoms with Gasteiger partial charge in [0.25, 0.3) is 0 Å². The summed E-state index contributed by atoms with van der Waals surface area (Å²) in [5, 5.41) is 2.96. The second-order valence-electron chi connectivity index (χ2n) is 4.97. The predicted octanol–water partition coefficient (Wildman–Crippen LogP) is 1.33. The molecule has 0 saturated carbocycles. The Morgan fingerprint density at radius 3 is 2.63 bits per heavy atom. The summed E-state index contributed by atoms with van der Waals surface area (Å²) in [6.45, 7) is 6.93. The molecule has 0 bridgehead atoms. The van der Waals surface area contributed by atoms with Crippen molar-refractivity contribution < 1.29 is 9.53 Å². The Bertz CT molecular complexity index is 397. The fourth-order valence-corrected chi connectivity index (χ4v) is 2.08. The lowest BCUT2D eigenvalue weighted by atomic mass is 10.1.